The molecule has 0 aliphatic carbocycles. The van der Waals surface area contributed by atoms with E-state index < -0.39 is 24.2 Å². The Hall–Kier alpha value is -1.14. The molecule has 0 saturated carbocycles. The molecule has 86 valence electrons. The second-order valence-corrected chi connectivity index (χ2v) is 3.74. The minimum Gasteiger partial charge on any atom is -0.480 e. The molecule has 1 aliphatic heterocycles. The van der Waals surface area contributed by atoms with Crippen LogP contribution < -0.4 is 5.32 Å². The zero-order valence-electron chi connectivity index (χ0n) is 8.80. The standard InChI is InChI=1S/C9H16N2O4/c1-5(10-2)8(13)11-4-6(12)3-7(11)9(14)15/h5-7,10,12H,3-4H2,1-2H3,(H,14,15)/t5?,6-,7-/m1/s1. The van der Waals surface area contributed by atoms with E-state index in [0.717, 1.165) is 0 Å². The lowest BCUT2D eigenvalue weighted by Gasteiger charge is -2.24. The van der Waals surface area contributed by atoms with E-state index in [1.165, 1.54) is 4.90 Å². The molecule has 0 aromatic rings. The Morgan fingerprint density at radius 3 is 2.60 bits per heavy atom. The molecule has 15 heavy (non-hydrogen) atoms. The molecular weight excluding hydrogens is 200 g/mol. The number of hydrogen-bond acceptors (Lipinski definition) is 4. The zero-order chi connectivity index (χ0) is 11.6. The molecule has 1 saturated heterocycles. The number of nitrogens with zero attached hydrogens (tertiary/aromatic N) is 1. The largest absolute Gasteiger partial charge is 0.480 e. The summed E-state index contributed by atoms with van der Waals surface area (Å²) in [5.74, 6) is -1.36. The van der Waals surface area contributed by atoms with Crippen molar-refractivity contribution in [2.24, 2.45) is 0 Å². The van der Waals surface area contributed by atoms with Crippen molar-refractivity contribution in [2.45, 2.75) is 31.5 Å². The van der Waals surface area contributed by atoms with Crippen LogP contribution in [-0.4, -0.2) is 58.8 Å². The van der Waals surface area contributed by atoms with Gasteiger partial charge in [-0.05, 0) is 14.0 Å². The summed E-state index contributed by atoms with van der Waals surface area (Å²) in [6.07, 6.45) is -0.628. The van der Waals surface area contributed by atoms with Crippen molar-refractivity contribution < 1.29 is 19.8 Å². The number of carboxylic acids is 1. The lowest BCUT2D eigenvalue weighted by atomic mass is 10.2. The second kappa shape index (κ2) is 4.59. The summed E-state index contributed by atoms with van der Waals surface area (Å²) in [4.78, 5) is 23.8. The predicted octanol–water partition coefficient (Wildman–Crippen LogP) is -1.36. The van der Waals surface area contributed by atoms with Crippen molar-refractivity contribution in [3.8, 4) is 0 Å². The second-order valence-electron chi connectivity index (χ2n) is 3.74. The summed E-state index contributed by atoms with van der Waals surface area (Å²) in [6, 6.07) is -1.33. The van der Waals surface area contributed by atoms with Crippen molar-refractivity contribution in [3.63, 3.8) is 0 Å². The Morgan fingerprint density at radius 1 is 1.53 bits per heavy atom. The molecule has 0 spiro atoms. The van der Waals surface area contributed by atoms with Crippen molar-refractivity contribution in [1.29, 1.82) is 0 Å². The van der Waals surface area contributed by atoms with Crippen LogP contribution in [0.25, 0.3) is 0 Å². The average Bonchev–Trinajstić information content (AvgIpc) is 2.58. The maximum atomic E-state index is 11.7. The van der Waals surface area contributed by atoms with E-state index in [2.05, 4.69) is 5.32 Å². The SMILES string of the molecule is CNC(C)C(=O)N1C[C@H](O)C[C@@H]1C(=O)O. The monoisotopic (exact) mass is 216 g/mol. The molecule has 1 aliphatic rings. The molecule has 1 rings (SSSR count). The van der Waals surface area contributed by atoms with Crippen LogP contribution >= 0.6 is 0 Å². The highest BCUT2D eigenvalue weighted by Gasteiger charge is 2.39. The van der Waals surface area contributed by atoms with E-state index in [1.54, 1.807) is 14.0 Å². The molecule has 0 aromatic carbocycles. The van der Waals surface area contributed by atoms with Gasteiger partial charge < -0.3 is 20.4 Å². The third-order valence-electron chi connectivity index (χ3n) is 2.65. The number of carbonyl (C=O) groups excluding carboxylic acids is 1. The molecule has 1 heterocycles. The van der Waals surface area contributed by atoms with Crippen LogP contribution in [-0.2, 0) is 9.59 Å². The van der Waals surface area contributed by atoms with Crippen LogP contribution in [0.3, 0.4) is 0 Å². The highest BCUT2D eigenvalue weighted by Crippen LogP contribution is 2.18. The van der Waals surface area contributed by atoms with Gasteiger partial charge in [0.05, 0.1) is 12.1 Å². The van der Waals surface area contributed by atoms with Gasteiger partial charge in [0.15, 0.2) is 0 Å². The number of aliphatic hydroxyl groups excluding tert-OH is 1. The van der Waals surface area contributed by atoms with Crippen LogP contribution in [0.4, 0.5) is 0 Å². The molecule has 1 unspecified atom stereocenters. The third-order valence-corrected chi connectivity index (χ3v) is 2.65. The van der Waals surface area contributed by atoms with Gasteiger partial charge in [0.2, 0.25) is 5.91 Å². The number of β-amino-alcohol motifs (C(OH)–C–C–N with tert-alkyl or cyclic N) is 1. The lowest BCUT2D eigenvalue weighted by Crippen LogP contribution is -2.48. The highest BCUT2D eigenvalue weighted by molar-refractivity contribution is 5.87. The first-order chi connectivity index (χ1) is 6.97. The Kier molecular flexibility index (Phi) is 3.65. The number of likely N-dealkylation sites (tertiary alicyclic amines) is 1. The van der Waals surface area contributed by atoms with Gasteiger partial charge >= 0.3 is 5.97 Å². The summed E-state index contributed by atoms with van der Waals surface area (Å²) < 4.78 is 0. The van der Waals surface area contributed by atoms with Crippen LogP contribution in [0, 0.1) is 0 Å². The third kappa shape index (κ3) is 2.45. The number of rotatable bonds is 3. The summed E-state index contributed by atoms with van der Waals surface area (Å²) >= 11 is 0. The maximum absolute atomic E-state index is 11.7. The quantitative estimate of drug-likeness (QED) is 0.542. The number of likely N-dealkylation sites (N-methyl/N-ethyl adjacent to an activating group) is 1. The maximum Gasteiger partial charge on any atom is 0.326 e. The van der Waals surface area contributed by atoms with Gasteiger partial charge in [-0.15, -0.1) is 0 Å². The number of amides is 1. The van der Waals surface area contributed by atoms with Gasteiger partial charge in [-0.3, -0.25) is 4.79 Å². The highest BCUT2D eigenvalue weighted by atomic mass is 16.4. The van der Waals surface area contributed by atoms with Crippen LogP contribution in [0.2, 0.25) is 0 Å². The summed E-state index contributed by atoms with van der Waals surface area (Å²) in [5, 5.41) is 21.0. The fourth-order valence-corrected chi connectivity index (χ4v) is 1.66. The van der Waals surface area contributed by atoms with Crippen molar-refractivity contribution in [2.75, 3.05) is 13.6 Å². The summed E-state index contributed by atoms with van der Waals surface area (Å²) in [5.41, 5.74) is 0. The number of hydrogen-bond donors (Lipinski definition) is 3. The number of carbonyl (C=O) groups is 2. The topological polar surface area (TPSA) is 89.9 Å². The van der Waals surface area contributed by atoms with Gasteiger partial charge in [0.25, 0.3) is 0 Å². The van der Waals surface area contributed by atoms with Gasteiger partial charge in [-0.25, -0.2) is 4.79 Å². The average molecular weight is 216 g/mol. The van der Waals surface area contributed by atoms with Crippen molar-refractivity contribution in [3.05, 3.63) is 0 Å². The summed E-state index contributed by atoms with van der Waals surface area (Å²) in [6.45, 7) is 1.76. The minimum atomic E-state index is -1.07. The Morgan fingerprint density at radius 2 is 2.13 bits per heavy atom. The first kappa shape index (κ1) is 11.9. The van der Waals surface area contributed by atoms with Crippen LogP contribution in [0.15, 0.2) is 0 Å². The van der Waals surface area contributed by atoms with Gasteiger partial charge in [-0.1, -0.05) is 0 Å². The smallest absolute Gasteiger partial charge is 0.326 e. The molecule has 0 radical (unpaired) electrons. The van der Waals surface area contributed by atoms with Crippen LogP contribution in [0.1, 0.15) is 13.3 Å². The van der Waals surface area contributed by atoms with E-state index >= 15 is 0 Å². The Bertz CT molecular complexity index is 269. The summed E-state index contributed by atoms with van der Waals surface area (Å²) in [7, 11) is 1.63. The van der Waals surface area contributed by atoms with Crippen LogP contribution in [0.5, 0.6) is 0 Å². The zero-order valence-corrected chi connectivity index (χ0v) is 8.80. The lowest BCUT2D eigenvalue weighted by molar-refractivity contribution is -0.148. The Labute approximate surface area is 87.9 Å². The fourth-order valence-electron chi connectivity index (χ4n) is 1.66. The molecule has 3 atom stereocenters. The molecule has 1 fully saturated rings. The minimum absolute atomic E-state index is 0.0990. The van der Waals surface area contributed by atoms with Gasteiger partial charge in [0, 0.05) is 13.0 Å². The molecule has 6 nitrogen and oxygen atoms in total. The van der Waals surface area contributed by atoms with Gasteiger partial charge in [-0.2, -0.15) is 0 Å². The first-order valence-corrected chi connectivity index (χ1v) is 4.86. The normalized spacial score (nSPS) is 27.8. The number of aliphatic carboxylic acids is 1. The molecule has 6 heteroatoms. The van der Waals surface area contributed by atoms with E-state index in [-0.39, 0.29) is 18.9 Å². The predicted molar refractivity (Wildman–Crippen MR) is 52.3 cm³/mol. The Balaban J connectivity index is 2.75. The van der Waals surface area contributed by atoms with E-state index in [9.17, 15) is 14.7 Å². The number of nitrogens with one attached hydrogen (secondary N) is 1. The van der Waals surface area contributed by atoms with E-state index in [1.807, 2.05) is 0 Å². The molecular formula is C9H16N2O4. The number of aliphatic hydroxyl groups is 1. The van der Waals surface area contributed by atoms with Crippen molar-refractivity contribution >= 4 is 11.9 Å². The first-order valence-electron chi connectivity index (χ1n) is 4.86. The molecule has 0 bridgehead atoms. The van der Waals surface area contributed by atoms with Crippen molar-refractivity contribution in [1.82, 2.24) is 10.2 Å². The van der Waals surface area contributed by atoms with Gasteiger partial charge in [0.1, 0.15) is 6.04 Å². The van der Waals surface area contributed by atoms with E-state index in [0.29, 0.717) is 0 Å². The fraction of sp³-hybridized carbons (Fsp3) is 0.778. The molecule has 1 amide bonds. The van der Waals surface area contributed by atoms with E-state index in [4.69, 9.17) is 5.11 Å². The molecule has 3 N–H and O–H groups in total. The molecule has 0 aromatic heterocycles. The number of carboxylic acid groups (broad SMARTS) is 1.